The molecule has 2 N–H and O–H groups in total. The normalized spacial score (nSPS) is 21.5. The van der Waals surface area contributed by atoms with Gasteiger partial charge in [0.2, 0.25) is 5.91 Å². The zero-order valence-electron chi connectivity index (χ0n) is 12.9. The van der Waals surface area contributed by atoms with Crippen molar-refractivity contribution in [2.45, 2.75) is 24.9 Å². The van der Waals surface area contributed by atoms with Gasteiger partial charge in [-0.25, -0.2) is 0 Å². The molecule has 22 heavy (non-hydrogen) atoms. The van der Waals surface area contributed by atoms with E-state index >= 15 is 0 Å². The van der Waals surface area contributed by atoms with Crippen LogP contribution in [0.4, 0.5) is 0 Å². The monoisotopic (exact) mass is 303 g/mol. The van der Waals surface area contributed by atoms with Crippen molar-refractivity contribution in [3.8, 4) is 0 Å². The van der Waals surface area contributed by atoms with Crippen LogP contribution in [0.5, 0.6) is 0 Å². The summed E-state index contributed by atoms with van der Waals surface area (Å²) in [5.74, 6) is 0.129. The highest BCUT2D eigenvalue weighted by molar-refractivity contribution is 5.83. The molecule has 0 bridgehead atoms. The number of nitrogens with zero attached hydrogens (tertiary/aromatic N) is 2. The number of aliphatic hydroxyl groups excluding tert-OH is 1. The molecule has 5 nitrogen and oxygen atoms in total. The Bertz CT molecular complexity index is 482. The van der Waals surface area contributed by atoms with Crippen LogP contribution in [0.1, 0.15) is 24.4 Å². The number of hydrogen-bond acceptors (Lipinski definition) is 4. The maximum absolute atomic E-state index is 12.7. The molecule has 1 amide bonds. The Morgan fingerprint density at radius 2 is 1.86 bits per heavy atom. The number of piperazine rings is 1. The van der Waals surface area contributed by atoms with Gasteiger partial charge >= 0.3 is 0 Å². The molecule has 1 heterocycles. The predicted molar refractivity (Wildman–Crippen MR) is 85.4 cm³/mol. The van der Waals surface area contributed by atoms with Gasteiger partial charge in [0.05, 0.1) is 6.61 Å². The van der Waals surface area contributed by atoms with E-state index in [1.54, 1.807) is 0 Å². The minimum atomic E-state index is -0.196. The van der Waals surface area contributed by atoms with Gasteiger partial charge in [0.25, 0.3) is 0 Å². The van der Waals surface area contributed by atoms with Crippen LogP contribution in [0.25, 0.3) is 0 Å². The first kappa shape index (κ1) is 15.5. The Labute approximate surface area is 131 Å². The zero-order chi connectivity index (χ0) is 15.4. The molecule has 1 saturated heterocycles. The molecule has 3 rings (SSSR count). The van der Waals surface area contributed by atoms with Crippen LogP contribution in [0.2, 0.25) is 0 Å². The molecule has 1 aromatic rings. The molecule has 1 saturated carbocycles. The number of β-amino-alcohol motifs (C(OH)–C–C–N with tert-alkyl or cyclic N) is 1. The fourth-order valence-electron chi connectivity index (χ4n) is 3.06. The second-order valence-corrected chi connectivity index (χ2v) is 6.20. The predicted octanol–water partition coefficient (Wildman–Crippen LogP) is 0.616. The molecule has 0 aromatic heterocycles. The average Bonchev–Trinajstić information content (AvgIpc) is 3.35. The van der Waals surface area contributed by atoms with Crippen LogP contribution in [-0.2, 0) is 4.79 Å². The lowest BCUT2D eigenvalue weighted by Crippen LogP contribution is -2.51. The third-order valence-electron chi connectivity index (χ3n) is 4.48. The molecule has 1 aliphatic heterocycles. The SMILES string of the molecule is O=C(NC1CC1)C(c1ccccc1)N1CCN(CCO)CC1. The van der Waals surface area contributed by atoms with Crippen molar-refractivity contribution >= 4 is 5.91 Å². The second kappa shape index (κ2) is 7.22. The molecule has 2 fully saturated rings. The van der Waals surface area contributed by atoms with Gasteiger partial charge in [0.1, 0.15) is 6.04 Å². The summed E-state index contributed by atoms with van der Waals surface area (Å²) in [7, 11) is 0. The second-order valence-electron chi connectivity index (χ2n) is 6.20. The lowest BCUT2D eigenvalue weighted by molar-refractivity contribution is -0.127. The van der Waals surface area contributed by atoms with Crippen LogP contribution in [-0.4, -0.2) is 66.2 Å². The van der Waals surface area contributed by atoms with E-state index < -0.39 is 0 Å². The summed E-state index contributed by atoms with van der Waals surface area (Å²) >= 11 is 0. The summed E-state index contributed by atoms with van der Waals surface area (Å²) in [4.78, 5) is 17.2. The molecule has 1 aromatic carbocycles. The number of carbonyl (C=O) groups is 1. The fraction of sp³-hybridized carbons (Fsp3) is 0.588. The Hall–Kier alpha value is -1.43. The summed E-state index contributed by atoms with van der Waals surface area (Å²) in [6.45, 7) is 4.44. The van der Waals surface area contributed by atoms with Crippen LogP contribution in [0, 0.1) is 0 Å². The van der Waals surface area contributed by atoms with Gasteiger partial charge in [-0.05, 0) is 18.4 Å². The first-order valence-electron chi connectivity index (χ1n) is 8.20. The fourth-order valence-corrected chi connectivity index (χ4v) is 3.06. The third-order valence-corrected chi connectivity index (χ3v) is 4.48. The number of nitrogens with one attached hydrogen (secondary N) is 1. The summed E-state index contributed by atoms with van der Waals surface area (Å²) in [6, 6.07) is 10.2. The van der Waals surface area contributed by atoms with Gasteiger partial charge in [0, 0.05) is 38.8 Å². The highest BCUT2D eigenvalue weighted by Crippen LogP contribution is 2.25. The quantitative estimate of drug-likeness (QED) is 0.809. The molecule has 1 unspecified atom stereocenters. The van der Waals surface area contributed by atoms with Gasteiger partial charge in [-0.1, -0.05) is 30.3 Å². The van der Waals surface area contributed by atoms with Gasteiger partial charge in [-0.15, -0.1) is 0 Å². The summed E-state index contributed by atoms with van der Waals surface area (Å²) in [5.41, 5.74) is 1.07. The van der Waals surface area contributed by atoms with Crippen molar-refractivity contribution in [2.24, 2.45) is 0 Å². The van der Waals surface area contributed by atoms with Crippen molar-refractivity contribution in [3.63, 3.8) is 0 Å². The number of carbonyl (C=O) groups excluding carboxylic acids is 1. The summed E-state index contributed by atoms with van der Waals surface area (Å²) in [5, 5.41) is 12.2. The van der Waals surface area contributed by atoms with Crippen molar-refractivity contribution in [1.29, 1.82) is 0 Å². The molecule has 0 spiro atoms. The van der Waals surface area contributed by atoms with Crippen molar-refractivity contribution in [3.05, 3.63) is 35.9 Å². The van der Waals surface area contributed by atoms with Crippen molar-refractivity contribution in [1.82, 2.24) is 15.1 Å². The van der Waals surface area contributed by atoms with E-state index in [4.69, 9.17) is 5.11 Å². The van der Waals surface area contributed by atoms with Gasteiger partial charge < -0.3 is 10.4 Å². The Kier molecular flexibility index (Phi) is 5.08. The summed E-state index contributed by atoms with van der Waals surface area (Å²) in [6.07, 6.45) is 2.22. The number of aliphatic hydroxyl groups is 1. The van der Waals surface area contributed by atoms with Gasteiger partial charge in [0.15, 0.2) is 0 Å². The van der Waals surface area contributed by atoms with E-state index in [1.165, 1.54) is 0 Å². The van der Waals surface area contributed by atoms with Crippen molar-refractivity contribution in [2.75, 3.05) is 39.3 Å². The largest absolute Gasteiger partial charge is 0.395 e. The van der Waals surface area contributed by atoms with Crippen LogP contribution < -0.4 is 5.32 Å². The lowest BCUT2D eigenvalue weighted by atomic mass is 10.0. The minimum absolute atomic E-state index is 0.129. The van der Waals surface area contributed by atoms with E-state index in [9.17, 15) is 4.79 Å². The lowest BCUT2D eigenvalue weighted by Gasteiger charge is -2.38. The van der Waals surface area contributed by atoms with Gasteiger partial charge in [-0.3, -0.25) is 14.6 Å². The van der Waals surface area contributed by atoms with E-state index in [0.717, 1.165) is 51.1 Å². The number of hydrogen-bond donors (Lipinski definition) is 2. The topological polar surface area (TPSA) is 55.8 Å². The molecule has 1 atom stereocenters. The molecule has 5 heteroatoms. The maximum atomic E-state index is 12.7. The van der Waals surface area contributed by atoms with E-state index in [-0.39, 0.29) is 18.6 Å². The maximum Gasteiger partial charge on any atom is 0.242 e. The first-order chi connectivity index (χ1) is 10.8. The Balaban J connectivity index is 1.69. The molecular formula is C17H25N3O2. The Morgan fingerprint density at radius 3 is 2.45 bits per heavy atom. The molecule has 2 aliphatic rings. The summed E-state index contributed by atoms with van der Waals surface area (Å²) < 4.78 is 0. The number of rotatable bonds is 6. The van der Waals surface area contributed by atoms with Gasteiger partial charge in [-0.2, -0.15) is 0 Å². The van der Waals surface area contributed by atoms with E-state index in [0.29, 0.717) is 6.04 Å². The van der Waals surface area contributed by atoms with Crippen molar-refractivity contribution < 1.29 is 9.90 Å². The average molecular weight is 303 g/mol. The highest BCUT2D eigenvalue weighted by atomic mass is 16.3. The molecule has 0 radical (unpaired) electrons. The number of benzene rings is 1. The highest BCUT2D eigenvalue weighted by Gasteiger charge is 2.33. The van der Waals surface area contributed by atoms with Crippen LogP contribution in [0.15, 0.2) is 30.3 Å². The van der Waals surface area contributed by atoms with Crippen LogP contribution >= 0.6 is 0 Å². The minimum Gasteiger partial charge on any atom is -0.395 e. The Morgan fingerprint density at radius 1 is 1.18 bits per heavy atom. The van der Waals surface area contributed by atoms with E-state index in [1.807, 2.05) is 30.3 Å². The molecule has 120 valence electrons. The molecule has 1 aliphatic carbocycles. The molecular weight excluding hydrogens is 278 g/mol. The number of amides is 1. The third kappa shape index (κ3) is 3.85. The standard InChI is InChI=1S/C17H25N3O2/c21-13-12-19-8-10-20(11-9-19)16(14-4-2-1-3-5-14)17(22)18-15-6-7-15/h1-5,15-16,21H,6-13H2,(H,18,22). The van der Waals surface area contributed by atoms with Crippen LogP contribution in [0.3, 0.4) is 0 Å². The zero-order valence-corrected chi connectivity index (χ0v) is 12.9. The first-order valence-corrected chi connectivity index (χ1v) is 8.20. The van der Waals surface area contributed by atoms with E-state index in [2.05, 4.69) is 15.1 Å². The smallest absolute Gasteiger partial charge is 0.242 e.